The first-order chi connectivity index (χ1) is 9.47. The Hall–Kier alpha value is -0.790. The van der Waals surface area contributed by atoms with Crippen molar-refractivity contribution in [3.8, 4) is 0 Å². The van der Waals surface area contributed by atoms with Gasteiger partial charge in [0.2, 0.25) is 0 Å². The Morgan fingerprint density at radius 3 is 3.00 bits per heavy atom. The molecule has 0 saturated carbocycles. The van der Waals surface area contributed by atoms with Crippen LogP contribution >= 0.6 is 11.8 Å². The van der Waals surface area contributed by atoms with Crippen LogP contribution in [0.4, 0.5) is 5.82 Å². The summed E-state index contributed by atoms with van der Waals surface area (Å²) in [5.41, 5.74) is 6.89. The molecule has 1 aromatic heterocycles. The van der Waals surface area contributed by atoms with Crippen LogP contribution in [0.1, 0.15) is 25.5 Å². The minimum atomic E-state index is -3.14. The number of aromatic nitrogens is 1. The van der Waals surface area contributed by atoms with E-state index in [2.05, 4.69) is 4.98 Å². The summed E-state index contributed by atoms with van der Waals surface area (Å²) in [6.45, 7) is 4.27. The van der Waals surface area contributed by atoms with Crippen LogP contribution in [0, 0.1) is 0 Å². The number of rotatable bonds is 4. The van der Waals surface area contributed by atoms with E-state index >= 15 is 0 Å². The van der Waals surface area contributed by atoms with Gasteiger partial charge in [0.15, 0.2) is 9.84 Å². The molecule has 2 rings (SSSR count). The first kappa shape index (κ1) is 15.6. The molecule has 0 spiro atoms. The van der Waals surface area contributed by atoms with Crippen LogP contribution in [0.5, 0.6) is 0 Å². The Balaban J connectivity index is 2.43. The number of sulfone groups is 1. The van der Waals surface area contributed by atoms with Gasteiger partial charge < -0.3 is 10.6 Å². The van der Waals surface area contributed by atoms with Crippen molar-refractivity contribution in [1.82, 2.24) is 4.98 Å². The summed E-state index contributed by atoms with van der Waals surface area (Å²) in [4.78, 5) is 6.30. The van der Waals surface area contributed by atoms with Crippen molar-refractivity contribution >= 4 is 27.4 Å². The van der Waals surface area contributed by atoms with Gasteiger partial charge in [0.25, 0.3) is 0 Å². The van der Waals surface area contributed by atoms with E-state index in [9.17, 15) is 8.42 Å². The zero-order chi connectivity index (χ0) is 14.8. The molecular weight excluding hydrogens is 294 g/mol. The first-order valence-corrected chi connectivity index (χ1v) is 9.61. The molecule has 1 unspecified atom stereocenters. The standard InChI is InChI=1S/C13H21N3O2S2/c1-3-20(17,18)12-9-19-8-7-16(12)13-11(10(2)14)5-4-6-15-13/h4-6,10,12H,3,7-9,14H2,1-2H3/t10-,12?/m0/s1. The van der Waals surface area contributed by atoms with Crippen molar-refractivity contribution in [1.29, 1.82) is 0 Å². The van der Waals surface area contributed by atoms with Crippen LogP contribution in [0.25, 0.3) is 0 Å². The average molecular weight is 315 g/mol. The topological polar surface area (TPSA) is 76.3 Å². The van der Waals surface area contributed by atoms with E-state index in [-0.39, 0.29) is 11.8 Å². The highest BCUT2D eigenvalue weighted by Crippen LogP contribution is 2.30. The van der Waals surface area contributed by atoms with Crippen LogP contribution in [-0.4, -0.2) is 42.6 Å². The van der Waals surface area contributed by atoms with Gasteiger partial charge in [0, 0.05) is 41.6 Å². The van der Waals surface area contributed by atoms with Crippen molar-refractivity contribution in [2.75, 3.05) is 28.7 Å². The van der Waals surface area contributed by atoms with E-state index in [0.717, 1.165) is 11.3 Å². The minimum absolute atomic E-state index is 0.148. The normalized spacial score (nSPS) is 21.8. The van der Waals surface area contributed by atoms with Crippen LogP contribution in [-0.2, 0) is 9.84 Å². The van der Waals surface area contributed by atoms with Gasteiger partial charge in [0.1, 0.15) is 11.2 Å². The number of anilines is 1. The number of nitrogens with two attached hydrogens (primary N) is 1. The number of hydrogen-bond donors (Lipinski definition) is 1. The molecule has 1 aliphatic heterocycles. The lowest BCUT2D eigenvalue weighted by atomic mass is 10.1. The highest BCUT2D eigenvalue weighted by Gasteiger charge is 2.34. The highest BCUT2D eigenvalue weighted by molar-refractivity contribution is 8.01. The number of hydrogen-bond acceptors (Lipinski definition) is 6. The molecule has 0 amide bonds. The third-order valence-corrected chi connectivity index (χ3v) is 6.77. The van der Waals surface area contributed by atoms with E-state index in [0.29, 0.717) is 18.1 Å². The smallest absolute Gasteiger partial charge is 0.171 e. The van der Waals surface area contributed by atoms with Gasteiger partial charge in [-0.3, -0.25) is 0 Å². The first-order valence-electron chi connectivity index (χ1n) is 6.73. The monoisotopic (exact) mass is 315 g/mol. The molecule has 1 aromatic rings. The quantitative estimate of drug-likeness (QED) is 0.905. The summed E-state index contributed by atoms with van der Waals surface area (Å²) >= 11 is 1.68. The van der Waals surface area contributed by atoms with Crippen LogP contribution in [0.3, 0.4) is 0 Å². The maximum absolute atomic E-state index is 12.3. The lowest BCUT2D eigenvalue weighted by Gasteiger charge is -2.37. The number of pyridine rings is 1. The maximum atomic E-state index is 12.3. The second kappa shape index (κ2) is 6.32. The number of nitrogens with zero attached hydrogens (tertiary/aromatic N) is 2. The molecule has 2 heterocycles. The van der Waals surface area contributed by atoms with Gasteiger partial charge in [-0.1, -0.05) is 13.0 Å². The molecular formula is C13H21N3O2S2. The third-order valence-electron chi connectivity index (χ3n) is 3.48. The van der Waals surface area contributed by atoms with E-state index in [1.165, 1.54) is 0 Å². The molecule has 0 aromatic carbocycles. The fourth-order valence-electron chi connectivity index (χ4n) is 2.32. The van der Waals surface area contributed by atoms with Crippen molar-refractivity contribution in [3.63, 3.8) is 0 Å². The summed E-state index contributed by atoms with van der Waals surface area (Å²) in [5, 5.41) is -0.501. The second-order valence-electron chi connectivity index (χ2n) is 4.88. The molecule has 7 heteroatoms. The Morgan fingerprint density at radius 1 is 1.60 bits per heavy atom. The maximum Gasteiger partial charge on any atom is 0.171 e. The minimum Gasteiger partial charge on any atom is -0.338 e. The SMILES string of the molecule is CCS(=O)(=O)C1CSCCN1c1ncccc1[C@H](C)N. The van der Waals surface area contributed by atoms with Gasteiger partial charge in [-0.2, -0.15) is 11.8 Å². The summed E-state index contributed by atoms with van der Waals surface area (Å²) in [6.07, 6.45) is 1.69. The molecule has 0 bridgehead atoms. The summed E-state index contributed by atoms with van der Waals surface area (Å²) in [5.74, 6) is 2.36. The molecule has 2 N–H and O–H groups in total. The highest BCUT2D eigenvalue weighted by atomic mass is 32.2. The summed E-state index contributed by atoms with van der Waals surface area (Å²) < 4.78 is 24.6. The van der Waals surface area contributed by atoms with Crippen LogP contribution in [0.2, 0.25) is 0 Å². The lowest BCUT2D eigenvalue weighted by molar-refractivity contribution is 0.578. The van der Waals surface area contributed by atoms with E-state index in [1.54, 1.807) is 24.9 Å². The van der Waals surface area contributed by atoms with Gasteiger partial charge >= 0.3 is 0 Å². The predicted octanol–water partition coefficient (Wildman–Crippen LogP) is 1.42. The van der Waals surface area contributed by atoms with Crippen LogP contribution in [0.15, 0.2) is 18.3 Å². The Labute approximate surface area is 124 Å². The molecule has 1 saturated heterocycles. The van der Waals surface area contributed by atoms with Crippen molar-refractivity contribution in [3.05, 3.63) is 23.9 Å². The molecule has 0 aliphatic carbocycles. The van der Waals surface area contributed by atoms with Crippen molar-refractivity contribution < 1.29 is 8.42 Å². The molecule has 0 radical (unpaired) electrons. The zero-order valence-corrected chi connectivity index (χ0v) is 13.5. The molecule has 1 aliphatic rings. The Kier molecular flexibility index (Phi) is 4.93. The molecule has 2 atom stereocenters. The fraction of sp³-hybridized carbons (Fsp3) is 0.615. The predicted molar refractivity (Wildman–Crippen MR) is 84.8 cm³/mol. The Bertz CT molecular complexity index is 560. The fourth-order valence-corrected chi connectivity index (χ4v) is 5.29. The van der Waals surface area contributed by atoms with Gasteiger partial charge in [0.05, 0.1) is 0 Å². The molecule has 20 heavy (non-hydrogen) atoms. The van der Waals surface area contributed by atoms with E-state index in [4.69, 9.17) is 5.73 Å². The zero-order valence-electron chi connectivity index (χ0n) is 11.8. The van der Waals surface area contributed by atoms with Crippen molar-refractivity contribution in [2.45, 2.75) is 25.3 Å². The van der Waals surface area contributed by atoms with Gasteiger partial charge in [-0.25, -0.2) is 13.4 Å². The average Bonchev–Trinajstić information content (AvgIpc) is 2.47. The van der Waals surface area contributed by atoms with Crippen LogP contribution < -0.4 is 10.6 Å². The third kappa shape index (κ3) is 3.10. The van der Waals surface area contributed by atoms with Crippen molar-refractivity contribution in [2.24, 2.45) is 5.73 Å². The summed E-state index contributed by atoms with van der Waals surface area (Å²) in [7, 11) is -3.14. The van der Waals surface area contributed by atoms with Gasteiger partial charge in [-0.15, -0.1) is 0 Å². The van der Waals surface area contributed by atoms with Gasteiger partial charge in [-0.05, 0) is 13.0 Å². The van der Waals surface area contributed by atoms with E-state index in [1.807, 2.05) is 24.0 Å². The summed E-state index contributed by atoms with van der Waals surface area (Å²) in [6, 6.07) is 3.59. The molecule has 5 nitrogen and oxygen atoms in total. The molecule has 112 valence electrons. The lowest BCUT2D eigenvalue weighted by Crippen LogP contribution is -2.48. The number of thioether (sulfide) groups is 1. The largest absolute Gasteiger partial charge is 0.338 e. The Morgan fingerprint density at radius 2 is 2.35 bits per heavy atom. The molecule has 1 fully saturated rings. The second-order valence-corrected chi connectivity index (χ2v) is 8.48. The van der Waals surface area contributed by atoms with E-state index < -0.39 is 15.2 Å².